The van der Waals surface area contributed by atoms with Crippen molar-refractivity contribution in [3.8, 4) is 11.5 Å². The highest BCUT2D eigenvalue weighted by Gasteiger charge is 2.27. The molecule has 0 unspecified atom stereocenters. The van der Waals surface area contributed by atoms with Crippen LogP contribution in [0.3, 0.4) is 0 Å². The number of hydrogen-bond acceptors (Lipinski definition) is 4. The molecule has 2 aromatic heterocycles. The van der Waals surface area contributed by atoms with Gasteiger partial charge in [0.25, 0.3) is 5.91 Å². The summed E-state index contributed by atoms with van der Waals surface area (Å²) in [7, 11) is 1.93. The normalized spacial score (nSPS) is 17.5. The minimum Gasteiger partial charge on any atom is -0.348 e. The molecule has 7 nitrogen and oxygen atoms in total. The van der Waals surface area contributed by atoms with Crippen LogP contribution in [0.4, 0.5) is 4.39 Å². The highest BCUT2D eigenvalue weighted by molar-refractivity contribution is 5.94. The zero-order valence-corrected chi connectivity index (χ0v) is 14.4. The number of nitrogens with zero attached hydrogens (tertiary/aromatic N) is 6. The molecule has 0 N–H and O–H groups in total. The van der Waals surface area contributed by atoms with E-state index in [0.29, 0.717) is 24.5 Å². The molecule has 3 aromatic rings. The third kappa shape index (κ3) is 3.10. The van der Waals surface area contributed by atoms with Crippen LogP contribution in [0.5, 0.6) is 0 Å². The maximum absolute atomic E-state index is 13.1. The number of benzene rings is 1. The lowest BCUT2D eigenvalue weighted by atomic mass is 10.0. The SMILES string of the molecule is Cn1cccc1-c1nnn([C@H]2CCCN(C(=O)c3ccc(F)cc3)C2)n1. The molecule has 1 aliphatic rings. The van der Waals surface area contributed by atoms with Crippen molar-refractivity contribution in [2.45, 2.75) is 18.9 Å². The van der Waals surface area contributed by atoms with Gasteiger partial charge in [0.05, 0.1) is 11.7 Å². The van der Waals surface area contributed by atoms with Crippen molar-refractivity contribution in [1.82, 2.24) is 29.7 Å². The van der Waals surface area contributed by atoms with Gasteiger partial charge in [-0.3, -0.25) is 4.79 Å². The van der Waals surface area contributed by atoms with Crippen molar-refractivity contribution in [1.29, 1.82) is 0 Å². The number of aromatic nitrogens is 5. The first-order chi connectivity index (χ1) is 12.6. The molecule has 1 amide bonds. The van der Waals surface area contributed by atoms with E-state index in [2.05, 4.69) is 15.4 Å². The van der Waals surface area contributed by atoms with Gasteiger partial charge in [-0.15, -0.1) is 10.2 Å². The van der Waals surface area contributed by atoms with E-state index in [1.54, 1.807) is 9.70 Å². The lowest BCUT2D eigenvalue weighted by molar-refractivity contribution is 0.0663. The van der Waals surface area contributed by atoms with Crippen LogP contribution < -0.4 is 0 Å². The van der Waals surface area contributed by atoms with E-state index in [0.717, 1.165) is 18.5 Å². The molecule has 1 fully saturated rings. The number of hydrogen-bond donors (Lipinski definition) is 0. The number of amides is 1. The Kier molecular flexibility index (Phi) is 4.24. The molecule has 1 aromatic carbocycles. The van der Waals surface area contributed by atoms with E-state index in [1.165, 1.54) is 24.3 Å². The maximum atomic E-state index is 13.1. The average Bonchev–Trinajstić information content (AvgIpc) is 3.30. The standard InChI is InChI=1S/C18H19FN6O/c1-23-10-3-5-16(23)17-20-22-25(21-17)15-4-2-11-24(12-15)18(26)13-6-8-14(19)9-7-13/h3,5-10,15H,2,4,11-12H2,1H3/t15-/m0/s1. The third-order valence-corrected chi connectivity index (χ3v) is 4.70. The Morgan fingerprint density at radius 1 is 1.23 bits per heavy atom. The van der Waals surface area contributed by atoms with Gasteiger partial charge in [0.2, 0.25) is 5.82 Å². The number of likely N-dealkylation sites (tertiary alicyclic amines) is 1. The molecule has 1 aliphatic heterocycles. The minimum absolute atomic E-state index is 0.0188. The van der Waals surface area contributed by atoms with Crippen molar-refractivity contribution in [2.24, 2.45) is 7.05 Å². The molecule has 0 saturated carbocycles. The van der Waals surface area contributed by atoms with Gasteiger partial charge >= 0.3 is 0 Å². The second-order valence-electron chi connectivity index (χ2n) is 6.49. The predicted octanol–water partition coefficient (Wildman–Crippen LogP) is 2.29. The summed E-state index contributed by atoms with van der Waals surface area (Å²) in [6, 6.07) is 9.49. The van der Waals surface area contributed by atoms with E-state index in [-0.39, 0.29) is 17.8 Å². The molecule has 0 aliphatic carbocycles. The molecule has 8 heteroatoms. The van der Waals surface area contributed by atoms with Crippen molar-refractivity contribution in [2.75, 3.05) is 13.1 Å². The van der Waals surface area contributed by atoms with Crippen LogP contribution in [0, 0.1) is 5.82 Å². The second kappa shape index (κ2) is 6.70. The number of aryl methyl sites for hydroxylation is 1. The number of carbonyl (C=O) groups is 1. The van der Waals surface area contributed by atoms with Crippen molar-refractivity contribution >= 4 is 5.91 Å². The molecule has 134 valence electrons. The molecule has 1 atom stereocenters. The topological polar surface area (TPSA) is 68.8 Å². The largest absolute Gasteiger partial charge is 0.348 e. The van der Waals surface area contributed by atoms with Crippen molar-refractivity contribution in [3.05, 3.63) is 54.0 Å². The zero-order chi connectivity index (χ0) is 18.1. The Labute approximate surface area is 150 Å². The molecule has 0 radical (unpaired) electrons. The quantitative estimate of drug-likeness (QED) is 0.724. The lowest BCUT2D eigenvalue weighted by Gasteiger charge is -2.31. The summed E-state index contributed by atoms with van der Waals surface area (Å²) in [4.78, 5) is 16.0. The molecule has 4 rings (SSSR count). The number of tetrazole rings is 1. The molecular formula is C18H19FN6O. The van der Waals surface area contributed by atoms with Gasteiger partial charge in [0, 0.05) is 31.9 Å². The Balaban J connectivity index is 1.50. The van der Waals surface area contributed by atoms with E-state index in [4.69, 9.17) is 0 Å². The van der Waals surface area contributed by atoms with Gasteiger partial charge in [-0.1, -0.05) is 0 Å². The predicted molar refractivity (Wildman–Crippen MR) is 92.8 cm³/mol. The van der Waals surface area contributed by atoms with E-state index in [9.17, 15) is 9.18 Å². The molecule has 3 heterocycles. The smallest absolute Gasteiger partial charge is 0.253 e. The highest BCUT2D eigenvalue weighted by Crippen LogP contribution is 2.23. The van der Waals surface area contributed by atoms with Crippen LogP contribution in [0.15, 0.2) is 42.6 Å². The number of halogens is 1. The fraction of sp³-hybridized carbons (Fsp3) is 0.333. The van der Waals surface area contributed by atoms with Crippen LogP contribution in [0.1, 0.15) is 29.2 Å². The van der Waals surface area contributed by atoms with Crippen molar-refractivity contribution < 1.29 is 9.18 Å². The Hall–Kier alpha value is -3.03. The van der Waals surface area contributed by atoms with Gasteiger partial charge in [0.1, 0.15) is 5.82 Å². The summed E-state index contributed by atoms with van der Waals surface area (Å²) in [5.74, 6) is 0.120. The van der Waals surface area contributed by atoms with E-state index < -0.39 is 0 Å². The van der Waals surface area contributed by atoms with Crippen LogP contribution >= 0.6 is 0 Å². The van der Waals surface area contributed by atoms with Crippen LogP contribution in [-0.2, 0) is 7.05 Å². The van der Waals surface area contributed by atoms with Crippen LogP contribution in [-0.4, -0.2) is 48.7 Å². The minimum atomic E-state index is -0.349. The first-order valence-electron chi connectivity index (χ1n) is 8.58. The lowest BCUT2D eigenvalue weighted by Crippen LogP contribution is -2.41. The summed E-state index contributed by atoms with van der Waals surface area (Å²) >= 11 is 0. The Morgan fingerprint density at radius 2 is 2.04 bits per heavy atom. The van der Waals surface area contributed by atoms with Gasteiger partial charge in [0.15, 0.2) is 0 Å². The van der Waals surface area contributed by atoms with Crippen molar-refractivity contribution in [3.63, 3.8) is 0 Å². The molecule has 0 bridgehead atoms. The van der Waals surface area contributed by atoms with E-state index >= 15 is 0 Å². The number of piperidine rings is 1. The maximum Gasteiger partial charge on any atom is 0.253 e. The van der Waals surface area contributed by atoms with Gasteiger partial charge in [-0.25, -0.2) is 4.39 Å². The van der Waals surface area contributed by atoms with Gasteiger partial charge < -0.3 is 9.47 Å². The monoisotopic (exact) mass is 354 g/mol. The summed E-state index contributed by atoms with van der Waals surface area (Å²) < 4.78 is 15.0. The molecule has 26 heavy (non-hydrogen) atoms. The molecule has 1 saturated heterocycles. The summed E-state index contributed by atoms with van der Waals surface area (Å²) in [6.07, 6.45) is 3.68. The zero-order valence-electron chi connectivity index (χ0n) is 14.4. The number of carbonyl (C=O) groups excluding carboxylic acids is 1. The fourth-order valence-corrected chi connectivity index (χ4v) is 3.28. The Morgan fingerprint density at radius 3 is 2.77 bits per heavy atom. The average molecular weight is 354 g/mol. The van der Waals surface area contributed by atoms with Crippen LogP contribution in [0.25, 0.3) is 11.5 Å². The number of rotatable bonds is 3. The summed E-state index contributed by atoms with van der Waals surface area (Å²) in [6.45, 7) is 1.19. The molecular weight excluding hydrogens is 335 g/mol. The Bertz CT molecular complexity index is 916. The van der Waals surface area contributed by atoms with E-state index in [1.807, 2.05) is 29.9 Å². The summed E-state index contributed by atoms with van der Waals surface area (Å²) in [5.41, 5.74) is 1.38. The second-order valence-corrected chi connectivity index (χ2v) is 6.49. The van der Waals surface area contributed by atoms with Gasteiger partial charge in [-0.2, -0.15) is 4.80 Å². The summed E-state index contributed by atoms with van der Waals surface area (Å²) in [5, 5.41) is 12.8. The highest BCUT2D eigenvalue weighted by atomic mass is 19.1. The third-order valence-electron chi connectivity index (χ3n) is 4.70. The van der Waals surface area contributed by atoms with Crippen LogP contribution in [0.2, 0.25) is 0 Å². The fourth-order valence-electron chi connectivity index (χ4n) is 3.28. The first kappa shape index (κ1) is 16.4. The van der Waals surface area contributed by atoms with Gasteiger partial charge in [-0.05, 0) is 54.5 Å². The molecule has 0 spiro atoms. The first-order valence-corrected chi connectivity index (χ1v) is 8.58.